The molecule has 0 unspecified atom stereocenters. The minimum Gasteiger partial charge on any atom is -0.309 e. The topological polar surface area (TPSA) is 43.6 Å². The van der Waals surface area contributed by atoms with Crippen LogP contribution in [0.2, 0.25) is 0 Å². The third kappa shape index (κ3) is 5.04. The third-order valence-corrected chi connectivity index (χ3v) is 9.82. The second kappa shape index (κ2) is 11.9. The van der Waals surface area contributed by atoms with Crippen LogP contribution in [-0.4, -0.2) is 19.5 Å². The molecule has 10 rings (SSSR count). The van der Waals surface area contributed by atoms with Gasteiger partial charge in [0.15, 0.2) is 17.5 Å². The van der Waals surface area contributed by atoms with Gasteiger partial charge in [0.2, 0.25) is 0 Å². The van der Waals surface area contributed by atoms with Gasteiger partial charge in [-0.15, -0.1) is 0 Å². The summed E-state index contributed by atoms with van der Waals surface area (Å²) in [5.74, 6) is 1.91. The van der Waals surface area contributed by atoms with Gasteiger partial charge in [-0.1, -0.05) is 158 Å². The van der Waals surface area contributed by atoms with Crippen molar-refractivity contribution >= 4 is 43.4 Å². The fourth-order valence-electron chi connectivity index (χ4n) is 7.31. The molecule has 4 heteroatoms. The van der Waals surface area contributed by atoms with Crippen molar-refractivity contribution in [2.24, 2.45) is 0 Å². The van der Waals surface area contributed by atoms with Crippen molar-refractivity contribution in [3.63, 3.8) is 0 Å². The number of aromatic nitrogens is 4. The normalized spacial score (nSPS) is 11.5. The molecule has 2 aromatic heterocycles. The zero-order valence-electron chi connectivity index (χ0n) is 27.6. The van der Waals surface area contributed by atoms with Gasteiger partial charge in [0.05, 0.1) is 11.0 Å². The van der Waals surface area contributed by atoms with Crippen LogP contribution in [0, 0.1) is 0 Å². The lowest BCUT2D eigenvalue weighted by molar-refractivity contribution is 1.07. The van der Waals surface area contributed by atoms with E-state index < -0.39 is 0 Å². The molecule has 0 atom stereocenters. The van der Waals surface area contributed by atoms with Crippen LogP contribution in [0.4, 0.5) is 0 Å². The monoisotopic (exact) mass is 650 g/mol. The molecule has 0 saturated carbocycles. The molecule has 2 heterocycles. The van der Waals surface area contributed by atoms with E-state index in [1.807, 2.05) is 30.3 Å². The Bertz CT molecular complexity index is 2910. The molecule has 10 aromatic rings. The number of hydrogen-bond acceptors (Lipinski definition) is 3. The third-order valence-electron chi connectivity index (χ3n) is 9.82. The molecule has 0 fully saturated rings. The Kier molecular flexibility index (Phi) is 6.78. The fraction of sp³-hybridized carbons (Fsp3) is 0. The Morgan fingerprint density at radius 2 is 0.882 bits per heavy atom. The molecule has 238 valence electrons. The number of benzene rings is 8. The quantitative estimate of drug-likeness (QED) is 0.186. The largest absolute Gasteiger partial charge is 0.309 e. The van der Waals surface area contributed by atoms with Gasteiger partial charge in [0.25, 0.3) is 0 Å². The average Bonchev–Trinajstić information content (AvgIpc) is 3.56. The van der Waals surface area contributed by atoms with Crippen molar-refractivity contribution in [1.29, 1.82) is 0 Å². The highest BCUT2D eigenvalue weighted by atomic mass is 15.0. The molecule has 4 nitrogen and oxygen atoms in total. The molecule has 0 aliphatic carbocycles. The van der Waals surface area contributed by atoms with Gasteiger partial charge in [0, 0.05) is 38.5 Å². The van der Waals surface area contributed by atoms with Crippen LogP contribution in [0.25, 0.3) is 94.3 Å². The Morgan fingerprint density at radius 3 is 1.69 bits per heavy atom. The number of para-hydroxylation sites is 1. The van der Waals surface area contributed by atoms with Gasteiger partial charge in [0.1, 0.15) is 0 Å². The first-order chi connectivity index (χ1) is 25.3. The molecule has 0 amide bonds. The summed E-state index contributed by atoms with van der Waals surface area (Å²) in [6.45, 7) is 0. The summed E-state index contributed by atoms with van der Waals surface area (Å²) in [5, 5.41) is 7.36. The highest BCUT2D eigenvalue weighted by Crippen LogP contribution is 2.37. The SMILES string of the molecule is c1ccc(-c2nc(-c3ccc(-c4ccc5ccccc5c4)cc3)nc(-c3cccc(-n4c5ccccc5c5ccc6ccccc6c54)c3)n2)cc1. The minimum atomic E-state index is 0.630. The first-order valence-electron chi connectivity index (χ1n) is 17.2. The second-order valence-corrected chi connectivity index (χ2v) is 12.9. The molecule has 0 aliphatic heterocycles. The predicted molar refractivity (Wildman–Crippen MR) is 211 cm³/mol. The highest BCUT2D eigenvalue weighted by Gasteiger charge is 2.17. The summed E-state index contributed by atoms with van der Waals surface area (Å²) in [4.78, 5) is 15.2. The van der Waals surface area contributed by atoms with E-state index in [0.717, 1.165) is 33.5 Å². The zero-order chi connectivity index (χ0) is 33.7. The van der Waals surface area contributed by atoms with Gasteiger partial charge in [-0.25, -0.2) is 15.0 Å². The Labute approximate surface area is 295 Å². The Balaban J connectivity index is 1.12. The lowest BCUT2D eigenvalue weighted by atomic mass is 10.00. The van der Waals surface area contributed by atoms with Crippen molar-refractivity contribution in [2.75, 3.05) is 0 Å². The van der Waals surface area contributed by atoms with Crippen molar-refractivity contribution in [3.05, 3.63) is 182 Å². The number of fused-ring (bicyclic) bond motifs is 6. The number of hydrogen-bond donors (Lipinski definition) is 0. The highest BCUT2D eigenvalue weighted by molar-refractivity contribution is 6.18. The number of rotatable bonds is 5. The van der Waals surface area contributed by atoms with Crippen LogP contribution in [0.5, 0.6) is 0 Å². The summed E-state index contributed by atoms with van der Waals surface area (Å²) in [6.07, 6.45) is 0. The van der Waals surface area contributed by atoms with E-state index in [1.54, 1.807) is 0 Å². The van der Waals surface area contributed by atoms with Crippen LogP contribution in [0.15, 0.2) is 182 Å². The maximum absolute atomic E-state index is 5.11. The first-order valence-corrected chi connectivity index (χ1v) is 17.2. The molecule has 0 N–H and O–H groups in total. The van der Waals surface area contributed by atoms with Crippen LogP contribution < -0.4 is 0 Å². The lowest BCUT2D eigenvalue weighted by Gasteiger charge is -2.12. The van der Waals surface area contributed by atoms with Gasteiger partial charge in [-0.3, -0.25) is 0 Å². The van der Waals surface area contributed by atoms with E-state index in [9.17, 15) is 0 Å². The molecule has 51 heavy (non-hydrogen) atoms. The maximum Gasteiger partial charge on any atom is 0.164 e. The fourth-order valence-corrected chi connectivity index (χ4v) is 7.31. The first kappa shape index (κ1) is 29.0. The summed E-state index contributed by atoms with van der Waals surface area (Å²) in [5.41, 5.74) is 8.54. The van der Waals surface area contributed by atoms with Crippen LogP contribution in [0.1, 0.15) is 0 Å². The summed E-state index contributed by atoms with van der Waals surface area (Å²) < 4.78 is 2.38. The van der Waals surface area contributed by atoms with Gasteiger partial charge in [-0.2, -0.15) is 0 Å². The average molecular weight is 651 g/mol. The molecule has 0 saturated heterocycles. The van der Waals surface area contributed by atoms with E-state index in [-0.39, 0.29) is 0 Å². The Morgan fingerprint density at radius 1 is 0.314 bits per heavy atom. The molecule has 0 bridgehead atoms. The predicted octanol–water partition coefficient (Wildman–Crippen LogP) is 11.9. The summed E-state index contributed by atoms with van der Waals surface area (Å²) in [7, 11) is 0. The van der Waals surface area contributed by atoms with E-state index in [2.05, 4.69) is 156 Å². The summed E-state index contributed by atoms with van der Waals surface area (Å²) >= 11 is 0. The lowest BCUT2D eigenvalue weighted by Crippen LogP contribution is -2.01. The summed E-state index contributed by atoms with van der Waals surface area (Å²) in [6, 6.07) is 64.0. The smallest absolute Gasteiger partial charge is 0.164 e. The second-order valence-electron chi connectivity index (χ2n) is 12.9. The van der Waals surface area contributed by atoms with Crippen molar-refractivity contribution < 1.29 is 0 Å². The number of nitrogens with zero attached hydrogens (tertiary/aromatic N) is 4. The molecule has 8 aromatic carbocycles. The van der Waals surface area contributed by atoms with Gasteiger partial charge < -0.3 is 4.57 Å². The van der Waals surface area contributed by atoms with Crippen molar-refractivity contribution in [2.45, 2.75) is 0 Å². The van der Waals surface area contributed by atoms with Gasteiger partial charge >= 0.3 is 0 Å². The minimum absolute atomic E-state index is 0.630. The molecular formula is C47H30N4. The maximum atomic E-state index is 5.11. The van der Waals surface area contributed by atoms with Gasteiger partial charge in [-0.05, 0) is 51.6 Å². The molecular weight excluding hydrogens is 621 g/mol. The standard InChI is InChI=1S/C47H30N4/c1-2-13-34(14-3-1)45-48-46(35-24-21-32(22-25-35)37-26-23-31-11-4-5-15-36(31)29-37)50-47(49-45)38-16-10-17-39(30-38)51-43-20-9-8-19-41(43)42-28-27-33-12-6-7-18-40(33)44(42)51/h1-30H. The van der Waals surface area contributed by atoms with E-state index in [1.165, 1.54) is 43.4 Å². The molecule has 0 spiro atoms. The molecule has 0 radical (unpaired) electrons. The van der Waals surface area contributed by atoms with Crippen LogP contribution in [0.3, 0.4) is 0 Å². The van der Waals surface area contributed by atoms with E-state index >= 15 is 0 Å². The van der Waals surface area contributed by atoms with Crippen LogP contribution in [-0.2, 0) is 0 Å². The Hall–Kier alpha value is -6.91. The van der Waals surface area contributed by atoms with E-state index in [0.29, 0.717) is 17.5 Å². The zero-order valence-corrected chi connectivity index (χ0v) is 27.6. The van der Waals surface area contributed by atoms with Crippen molar-refractivity contribution in [3.8, 4) is 51.0 Å². The van der Waals surface area contributed by atoms with E-state index in [4.69, 9.17) is 15.0 Å². The molecule has 0 aliphatic rings. The van der Waals surface area contributed by atoms with Crippen molar-refractivity contribution in [1.82, 2.24) is 19.5 Å². The van der Waals surface area contributed by atoms with Crippen LogP contribution >= 0.6 is 0 Å².